The summed E-state index contributed by atoms with van der Waals surface area (Å²) in [6.07, 6.45) is 51.9. The molecule has 0 aliphatic heterocycles. The average molecular weight is 1350 g/mol. The third-order valence-corrected chi connectivity index (χ3v) is 19.2. The van der Waals surface area contributed by atoms with E-state index in [1.165, 1.54) is 180 Å². The molecule has 3 unspecified atom stereocenters. The molecule has 0 spiro atoms. The first-order valence-corrected chi connectivity index (χ1v) is 41.0. The number of rotatable bonds is 72. The number of aliphatic hydroxyl groups is 1. The first-order chi connectivity index (χ1) is 44.4. The molecule has 19 heteroatoms. The Morgan fingerprint density at radius 1 is 0.315 bits per heavy atom. The molecule has 0 radical (unpaired) electrons. The van der Waals surface area contributed by atoms with Crippen molar-refractivity contribution in [3.63, 3.8) is 0 Å². The highest BCUT2D eigenvalue weighted by molar-refractivity contribution is 7.47. The number of ether oxygens (including phenoxy) is 4. The zero-order chi connectivity index (χ0) is 67.9. The van der Waals surface area contributed by atoms with E-state index in [9.17, 15) is 43.2 Å². The molecule has 0 amide bonds. The Morgan fingerprint density at radius 3 is 0.826 bits per heavy atom. The number of hydrogen-bond acceptors (Lipinski definition) is 15. The molecule has 17 nitrogen and oxygen atoms in total. The van der Waals surface area contributed by atoms with Crippen LogP contribution in [0.3, 0.4) is 0 Å². The van der Waals surface area contributed by atoms with Crippen LogP contribution in [-0.4, -0.2) is 96.7 Å². The van der Waals surface area contributed by atoms with Gasteiger partial charge >= 0.3 is 39.5 Å². The number of hydrogen-bond donors (Lipinski definition) is 3. The van der Waals surface area contributed by atoms with Gasteiger partial charge in [-0.05, 0) is 37.5 Å². The first kappa shape index (κ1) is 90.1. The van der Waals surface area contributed by atoms with Crippen LogP contribution in [-0.2, 0) is 65.4 Å². The summed E-state index contributed by atoms with van der Waals surface area (Å²) in [5.41, 5.74) is 0. The molecule has 0 aromatic heterocycles. The third kappa shape index (κ3) is 65.4. The monoisotopic (exact) mass is 1350 g/mol. The number of esters is 4. The fourth-order valence-corrected chi connectivity index (χ4v) is 12.7. The molecule has 0 aliphatic carbocycles. The van der Waals surface area contributed by atoms with Gasteiger partial charge in [-0.3, -0.25) is 37.3 Å². The van der Waals surface area contributed by atoms with Gasteiger partial charge in [0.25, 0.3) is 0 Å². The minimum Gasteiger partial charge on any atom is -0.462 e. The minimum absolute atomic E-state index is 0.104. The number of phosphoric ester groups is 2. The molecular weight excluding hydrogens is 1210 g/mol. The molecule has 92 heavy (non-hydrogen) atoms. The van der Waals surface area contributed by atoms with Gasteiger partial charge in [0.15, 0.2) is 12.2 Å². The second kappa shape index (κ2) is 65.0. The van der Waals surface area contributed by atoms with E-state index in [1.807, 2.05) is 0 Å². The van der Waals surface area contributed by atoms with Gasteiger partial charge in [0.05, 0.1) is 26.4 Å². The summed E-state index contributed by atoms with van der Waals surface area (Å²) in [7, 11) is -9.89. The van der Waals surface area contributed by atoms with E-state index >= 15 is 0 Å². The highest BCUT2D eigenvalue weighted by Gasteiger charge is 2.30. The van der Waals surface area contributed by atoms with Crippen molar-refractivity contribution in [2.24, 2.45) is 11.8 Å². The van der Waals surface area contributed by atoms with Gasteiger partial charge in [0.2, 0.25) is 0 Å². The summed E-state index contributed by atoms with van der Waals surface area (Å²) < 4.78 is 68.0. The lowest BCUT2D eigenvalue weighted by Crippen LogP contribution is -2.30. The van der Waals surface area contributed by atoms with E-state index in [0.29, 0.717) is 25.7 Å². The molecule has 0 aromatic rings. The summed E-state index contributed by atoms with van der Waals surface area (Å²) in [5, 5.41) is 10.6. The molecule has 6 atom stereocenters. The highest BCUT2D eigenvalue weighted by atomic mass is 31.2. The largest absolute Gasteiger partial charge is 0.472 e. The lowest BCUT2D eigenvalue weighted by atomic mass is 9.99. The van der Waals surface area contributed by atoms with Crippen molar-refractivity contribution >= 4 is 39.5 Å². The smallest absolute Gasteiger partial charge is 0.462 e. The molecule has 0 aromatic carbocycles. The van der Waals surface area contributed by atoms with Crippen molar-refractivity contribution in [3.8, 4) is 0 Å². The Hall–Kier alpha value is -1.94. The Bertz CT molecular complexity index is 1790. The van der Waals surface area contributed by atoms with Gasteiger partial charge in [-0.2, -0.15) is 0 Å². The number of carbonyl (C=O) groups is 4. The Labute approximate surface area is 562 Å². The SMILES string of the molecule is CCCCCCCCCCC(=O)O[C@H](COC(=O)CCCCCCC)COP(=O)(O)OC[C@H](O)COP(=O)(O)OC[C@@H](COC(=O)CCCCCCCCCCCCCCCCC(C)CC)OC(=O)CCCCCCCCCCCCCCCCCCCCC(C)C. The fraction of sp³-hybridized carbons (Fsp3) is 0.945. The molecular formula is C73H142O17P2. The fourth-order valence-electron chi connectivity index (χ4n) is 11.1. The van der Waals surface area contributed by atoms with Crippen LogP contribution in [0.5, 0.6) is 0 Å². The topological polar surface area (TPSA) is 237 Å². The van der Waals surface area contributed by atoms with Crippen LogP contribution in [0.25, 0.3) is 0 Å². The highest BCUT2D eigenvalue weighted by Crippen LogP contribution is 2.45. The van der Waals surface area contributed by atoms with Crippen molar-refractivity contribution < 1.29 is 80.2 Å². The van der Waals surface area contributed by atoms with E-state index in [-0.39, 0.29) is 25.7 Å². The first-order valence-electron chi connectivity index (χ1n) is 38.0. The van der Waals surface area contributed by atoms with E-state index < -0.39 is 97.5 Å². The van der Waals surface area contributed by atoms with Gasteiger partial charge in [-0.15, -0.1) is 0 Å². The number of unbranched alkanes of at least 4 members (excludes halogenated alkanes) is 41. The molecule has 0 rings (SSSR count). The maximum Gasteiger partial charge on any atom is 0.472 e. The number of carbonyl (C=O) groups excluding carboxylic acids is 4. The predicted molar refractivity (Wildman–Crippen MR) is 372 cm³/mol. The maximum atomic E-state index is 13.1. The van der Waals surface area contributed by atoms with Crippen LogP contribution < -0.4 is 0 Å². The second-order valence-electron chi connectivity index (χ2n) is 27.1. The van der Waals surface area contributed by atoms with Crippen molar-refractivity contribution in [2.45, 2.75) is 394 Å². The standard InChI is InChI=1S/C73H142O17P2/c1-7-10-12-14-15-38-45-51-57-72(77)89-68(61-83-70(75)55-49-41-13-11-8-2)63-87-91(79,80)85-59-67(74)60-86-92(81,82)88-64-69(62-84-71(76)56-50-44-39-34-30-26-23-22-25-29-33-37-43-48-54-66(6)9-3)90-73(78)58-52-46-40-35-31-27-21-19-17-16-18-20-24-28-32-36-42-47-53-65(4)5/h65-69,74H,7-64H2,1-6H3,(H,79,80)(H,81,82)/t66?,67-,68+,69+/m0/s1. The second-order valence-corrected chi connectivity index (χ2v) is 30.0. The van der Waals surface area contributed by atoms with Gasteiger partial charge in [0.1, 0.15) is 19.3 Å². The lowest BCUT2D eigenvalue weighted by Gasteiger charge is -2.21. The normalized spacial score (nSPS) is 14.4. The molecule has 3 N–H and O–H groups in total. The van der Waals surface area contributed by atoms with Gasteiger partial charge < -0.3 is 33.8 Å². The van der Waals surface area contributed by atoms with Gasteiger partial charge in [-0.25, -0.2) is 9.13 Å². The van der Waals surface area contributed by atoms with Crippen molar-refractivity contribution in [1.82, 2.24) is 0 Å². The molecule has 0 saturated carbocycles. The Kier molecular flexibility index (Phi) is 63.7. The van der Waals surface area contributed by atoms with Crippen molar-refractivity contribution in [1.29, 1.82) is 0 Å². The third-order valence-electron chi connectivity index (χ3n) is 17.3. The molecule has 0 bridgehead atoms. The van der Waals surface area contributed by atoms with Crippen LogP contribution in [0.4, 0.5) is 0 Å². The lowest BCUT2D eigenvalue weighted by molar-refractivity contribution is -0.161. The van der Waals surface area contributed by atoms with Crippen LogP contribution in [0, 0.1) is 11.8 Å². The van der Waals surface area contributed by atoms with Gasteiger partial charge in [0, 0.05) is 25.7 Å². The van der Waals surface area contributed by atoms with Crippen LogP contribution in [0.1, 0.15) is 375 Å². The Balaban J connectivity index is 5.09. The molecule has 0 fully saturated rings. The maximum absolute atomic E-state index is 13.1. The van der Waals surface area contributed by atoms with Crippen LogP contribution in [0.15, 0.2) is 0 Å². The summed E-state index contributed by atoms with van der Waals surface area (Å²) in [6.45, 7) is 9.54. The van der Waals surface area contributed by atoms with E-state index in [2.05, 4.69) is 41.5 Å². The van der Waals surface area contributed by atoms with E-state index in [1.54, 1.807) is 0 Å². The molecule has 0 heterocycles. The molecule has 0 saturated heterocycles. The summed E-state index contributed by atoms with van der Waals surface area (Å²) in [5.74, 6) is -0.465. The molecule has 0 aliphatic rings. The van der Waals surface area contributed by atoms with E-state index in [4.69, 9.17) is 37.0 Å². The Morgan fingerprint density at radius 2 is 0.554 bits per heavy atom. The summed E-state index contributed by atoms with van der Waals surface area (Å²) >= 11 is 0. The summed E-state index contributed by atoms with van der Waals surface area (Å²) in [4.78, 5) is 72.2. The van der Waals surface area contributed by atoms with Crippen LogP contribution >= 0.6 is 15.6 Å². The van der Waals surface area contributed by atoms with Crippen molar-refractivity contribution in [3.05, 3.63) is 0 Å². The minimum atomic E-state index is -4.95. The zero-order valence-electron chi connectivity index (χ0n) is 59.9. The quantitative estimate of drug-likeness (QED) is 0.0222. The van der Waals surface area contributed by atoms with Crippen LogP contribution in [0.2, 0.25) is 0 Å². The predicted octanol–water partition coefficient (Wildman–Crippen LogP) is 21.2. The summed E-state index contributed by atoms with van der Waals surface area (Å²) in [6, 6.07) is 0. The van der Waals surface area contributed by atoms with Crippen molar-refractivity contribution in [2.75, 3.05) is 39.6 Å². The van der Waals surface area contributed by atoms with Gasteiger partial charge in [-0.1, -0.05) is 324 Å². The zero-order valence-corrected chi connectivity index (χ0v) is 61.6. The molecule has 546 valence electrons. The number of phosphoric acid groups is 2. The van der Waals surface area contributed by atoms with E-state index in [0.717, 1.165) is 115 Å². The average Bonchev–Trinajstić information content (AvgIpc) is 2.45. The number of aliphatic hydroxyl groups excluding tert-OH is 1.